The van der Waals surface area contributed by atoms with Crippen molar-refractivity contribution >= 4 is 12.4 Å². The molecule has 1 aromatic rings. The van der Waals surface area contributed by atoms with Crippen molar-refractivity contribution in [3.8, 4) is 0 Å². The predicted octanol–water partition coefficient (Wildman–Crippen LogP) is 2.08. The summed E-state index contributed by atoms with van der Waals surface area (Å²) in [5.74, 6) is 0. The fraction of sp³-hybridized carbons (Fsp3) is 0.538. The molecule has 0 unspecified atom stereocenters. The van der Waals surface area contributed by atoms with Crippen LogP contribution in [0.2, 0.25) is 0 Å². The molecule has 1 aromatic carbocycles. The fourth-order valence-corrected chi connectivity index (χ4v) is 2.01. The summed E-state index contributed by atoms with van der Waals surface area (Å²) in [6, 6.07) is 9.02. The third kappa shape index (κ3) is 3.78. The summed E-state index contributed by atoms with van der Waals surface area (Å²) in [6.07, 6.45) is 1.13. The number of hydrogen-bond donors (Lipinski definition) is 1. The summed E-state index contributed by atoms with van der Waals surface area (Å²) in [5.41, 5.74) is 2.87. The molecule has 2 nitrogen and oxygen atoms in total. The molecule has 0 spiro atoms. The maximum absolute atomic E-state index is 3.38. The van der Waals surface area contributed by atoms with E-state index in [-0.39, 0.29) is 12.4 Å². The van der Waals surface area contributed by atoms with Gasteiger partial charge in [-0.1, -0.05) is 31.2 Å². The van der Waals surface area contributed by atoms with E-state index in [1.54, 1.807) is 0 Å². The maximum atomic E-state index is 3.38. The minimum absolute atomic E-state index is 0. The molecule has 1 aliphatic heterocycles. The lowest BCUT2D eigenvalue weighted by Crippen LogP contribution is -2.42. The monoisotopic (exact) mass is 240 g/mol. The topological polar surface area (TPSA) is 15.3 Å². The van der Waals surface area contributed by atoms with E-state index >= 15 is 0 Å². The minimum Gasteiger partial charge on any atom is -0.314 e. The van der Waals surface area contributed by atoms with Gasteiger partial charge in [0.25, 0.3) is 0 Å². The minimum atomic E-state index is 0. The summed E-state index contributed by atoms with van der Waals surface area (Å²) in [7, 11) is 0. The Morgan fingerprint density at radius 1 is 1.06 bits per heavy atom. The van der Waals surface area contributed by atoms with Crippen LogP contribution in [0, 0.1) is 0 Å². The third-order valence-corrected chi connectivity index (χ3v) is 3.05. The quantitative estimate of drug-likeness (QED) is 0.871. The van der Waals surface area contributed by atoms with Crippen LogP contribution in [0.1, 0.15) is 18.1 Å². The van der Waals surface area contributed by atoms with Gasteiger partial charge >= 0.3 is 0 Å². The van der Waals surface area contributed by atoms with Gasteiger partial charge in [0.1, 0.15) is 0 Å². The molecule has 1 aliphatic rings. The number of halogens is 1. The Bertz CT molecular complexity index is 291. The number of hydrogen-bond acceptors (Lipinski definition) is 2. The van der Waals surface area contributed by atoms with Gasteiger partial charge in [-0.25, -0.2) is 0 Å². The van der Waals surface area contributed by atoms with E-state index in [9.17, 15) is 0 Å². The van der Waals surface area contributed by atoms with Crippen LogP contribution < -0.4 is 5.32 Å². The van der Waals surface area contributed by atoms with Crippen LogP contribution in [-0.4, -0.2) is 31.1 Å². The average Bonchev–Trinajstić information content (AvgIpc) is 2.31. The summed E-state index contributed by atoms with van der Waals surface area (Å²) in [6.45, 7) is 7.92. The molecule has 0 amide bonds. The zero-order chi connectivity index (χ0) is 10.5. The van der Waals surface area contributed by atoms with Crippen molar-refractivity contribution in [2.45, 2.75) is 19.9 Å². The molecule has 1 N–H and O–H groups in total. The summed E-state index contributed by atoms with van der Waals surface area (Å²) < 4.78 is 0. The number of rotatable bonds is 3. The van der Waals surface area contributed by atoms with Crippen LogP contribution in [-0.2, 0) is 13.0 Å². The molecule has 1 saturated heterocycles. The second kappa shape index (κ2) is 6.89. The molecular formula is C13H21ClN2. The van der Waals surface area contributed by atoms with E-state index in [0.717, 1.165) is 26.1 Å². The Balaban J connectivity index is 0.00000128. The summed E-state index contributed by atoms with van der Waals surface area (Å²) in [4.78, 5) is 2.51. The highest BCUT2D eigenvalue weighted by Gasteiger charge is 2.09. The first-order valence-electron chi connectivity index (χ1n) is 5.89. The second-order valence-electron chi connectivity index (χ2n) is 4.20. The Morgan fingerprint density at radius 3 is 2.19 bits per heavy atom. The van der Waals surface area contributed by atoms with E-state index in [2.05, 4.69) is 41.4 Å². The number of piperazine rings is 1. The van der Waals surface area contributed by atoms with Crippen molar-refractivity contribution in [1.29, 1.82) is 0 Å². The normalized spacial score (nSPS) is 16.8. The van der Waals surface area contributed by atoms with Gasteiger partial charge in [0.05, 0.1) is 0 Å². The molecule has 1 heterocycles. The molecule has 2 rings (SSSR count). The number of benzene rings is 1. The van der Waals surface area contributed by atoms with Crippen LogP contribution in [0.4, 0.5) is 0 Å². The van der Waals surface area contributed by atoms with Crippen molar-refractivity contribution in [3.63, 3.8) is 0 Å². The molecule has 0 bridgehead atoms. The van der Waals surface area contributed by atoms with E-state index in [1.807, 2.05) is 0 Å². The van der Waals surface area contributed by atoms with Gasteiger partial charge in [0.2, 0.25) is 0 Å². The van der Waals surface area contributed by atoms with Crippen molar-refractivity contribution in [2.24, 2.45) is 0 Å². The molecule has 0 radical (unpaired) electrons. The lowest BCUT2D eigenvalue weighted by atomic mass is 10.1. The van der Waals surface area contributed by atoms with E-state index in [1.165, 1.54) is 24.2 Å². The van der Waals surface area contributed by atoms with Crippen LogP contribution in [0.3, 0.4) is 0 Å². The molecule has 90 valence electrons. The Kier molecular flexibility index (Phi) is 5.81. The fourth-order valence-electron chi connectivity index (χ4n) is 2.01. The van der Waals surface area contributed by atoms with Gasteiger partial charge in [-0.05, 0) is 17.5 Å². The molecule has 0 atom stereocenters. The number of nitrogens with zero attached hydrogens (tertiary/aromatic N) is 1. The highest BCUT2D eigenvalue weighted by Crippen LogP contribution is 2.08. The van der Waals surface area contributed by atoms with Gasteiger partial charge in [-0.15, -0.1) is 12.4 Å². The lowest BCUT2D eigenvalue weighted by molar-refractivity contribution is 0.233. The molecule has 0 aliphatic carbocycles. The van der Waals surface area contributed by atoms with Crippen molar-refractivity contribution in [3.05, 3.63) is 35.4 Å². The highest BCUT2D eigenvalue weighted by atomic mass is 35.5. The van der Waals surface area contributed by atoms with Gasteiger partial charge in [0.15, 0.2) is 0 Å². The second-order valence-corrected chi connectivity index (χ2v) is 4.20. The Hall–Kier alpha value is -0.570. The zero-order valence-corrected chi connectivity index (χ0v) is 10.7. The van der Waals surface area contributed by atoms with Gasteiger partial charge in [-0.3, -0.25) is 4.90 Å². The van der Waals surface area contributed by atoms with Gasteiger partial charge in [0, 0.05) is 32.7 Å². The third-order valence-electron chi connectivity index (χ3n) is 3.05. The first kappa shape index (κ1) is 13.5. The maximum Gasteiger partial charge on any atom is 0.0234 e. The largest absolute Gasteiger partial charge is 0.314 e. The standard InChI is InChI=1S/C13H20N2.ClH/c1-2-12-3-5-13(6-4-12)11-15-9-7-14-8-10-15;/h3-6,14H,2,7-11H2,1H3;1H. The smallest absolute Gasteiger partial charge is 0.0234 e. The predicted molar refractivity (Wildman–Crippen MR) is 71.2 cm³/mol. The Morgan fingerprint density at radius 2 is 1.62 bits per heavy atom. The first-order valence-corrected chi connectivity index (χ1v) is 5.89. The number of aryl methyl sites for hydroxylation is 1. The average molecular weight is 241 g/mol. The highest BCUT2D eigenvalue weighted by molar-refractivity contribution is 5.85. The molecule has 3 heteroatoms. The summed E-state index contributed by atoms with van der Waals surface area (Å²) in [5, 5.41) is 3.38. The van der Waals surface area contributed by atoms with E-state index < -0.39 is 0 Å². The van der Waals surface area contributed by atoms with Gasteiger partial charge in [-0.2, -0.15) is 0 Å². The van der Waals surface area contributed by atoms with E-state index in [0.29, 0.717) is 0 Å². The molecule has 1 fully saturated rings. The van der Waals surface area contributed by atoms with Crippen LogP contribution in [0.5, 0.6) is 0 Å². The molecule has 16 heavy (non-hydrogen) atoms. The Labute approximate surface area is 104 Å². The van der Waals surface area contributed by atoms with Crippen LogP contribution in [0.15, 0.2) is 24.3 Å². The van der Waals surface area contributed by atoms with E-state index in [4.69, 9.17) is 0 Å². The first-order chi connectivity index (χ1) is 7.38. The van der Waals surface area contributed by atoms with Crippen molar-refractivity contribution in [2.75, 3.05) is 26.2 Å². The van der Waals surface area contributed by atoms with Crippen molar-refractivity contribution < 1.29 is 0 Å². The molecular weight excluding hydrogens is 220 g/mol. The molecule has 0 aromatic heterocycles. The van der Waals surface area contributed by atoms with Crippen LogP contribution in [0.25, 0.3) is 0 Å². The molecule has 0 saturated carbocycles. The summed E-state index contributed by atoms with van der Waals surface area (Å²) >= 11 is 0. The van der Waals surface area contributed by atoms with Gasteiger partial charge < -0.3 is 5.32 Å². The number of nitrogens with one attached hydrogen (secondary N) is 1. The lowest BCUT2D eigenvalue weighted by Gasteiger charge is -2.27. The van der Waals surface area contributed by atoms with Crippen LogP contribution >= 0.6 is 12.4 Å². The zero-order valence-electron chi connectivity index (χ0n) is 9.91. The van der Waals surface area contributed by atoms with Crippen molar-refractivity contribution in [1.82, 2.24) is 10.2 Å². The SMILES string of the molecule is CCc1ccc(CN2CCNCC2)cc1.Cl.